The topological polar surface area (TPSA) is 0 Å². The minimum atomic E-state index is -1.94. The van der Waals surface area contributed by atoms with Crippen LogP contribution >= 0.6 is 0 Å². The summed E-state index contributed by atoms with van der Waals surface area (Å²) in [6, 6.07) is 11.4. The molecule has 0 heterocycles. The SMILES string of the molecule is CCC[CH2][Sn]([CH2]C)([CH2]C)[c]1ccccc1. The first-order chi connectivity index (χ1) is 7.29. The standard InChI is InChI=1S/C6H5.C4H9.2C2H5.Sn/c1-2-4-6-5-3-1;1-3-4-2;2*1-2;/h1-5H;1,3-4H2,2H3;2*1H2,2H3;. The number of benzene rings is 1. The number of hydrogen-bond acceptors (Lipinski definition) is 0. The molecule has 15 heavy (non-hydrogen) atoms. The predicted octanol–water partition coefficient (Wildman–Crippen LogP) is 4.18. The van der Waals surface area contributed by atoms with Crippen molar-refractivity contribution in [2.24, 2.45) is 0 Å². The van der Waals surface area contributed by atoms with Crippen molar-refractivity contribution in [2.75, 3.05) is 0 Å². The first-order valence-electron chi connectivity index (χ1n) is 6.34. The maximum atomic E-state index is 2.42. The third-order valence-electron chi connectivity index (χ3n) is 3.75. The van der Waals surface area contributed by atoms with Crippen LogP contribution in [0.5, 0.6) is 0 Å². The molecule has 0 aliphatic heterocycles. The molecular formula is C14H24Sn. The van der Waals surface area contributed by atoms with Gasteiger partial charge in [-0.15, -0.1) is 0 Å². The van der Waals surface area contributed by atoms with Gasteiger partial charge in [-0.2, -0.15) is 0 Å². The van der Waals surface area contributed by atoms with E-state index in [0.29, 0.717) is 0 Å². The van der Waals surface area contributed by atoms with Gasteiger partial charge in [-0.25, -0.2) is 0 Å². The summed E-state index contributed by atoms with van der Waals surface area (Å²) in [4.78, 5) is 0. The van der Waals surface area contributed by atoms with Gasteiger partial charge in [0.25, 0.3) is 0 Å². The first kappa shape index (κ1) is 13.1. The van der Waals surface area contributed by atoms with Crippen LogP contribution in [0.3, 0.4) is 0 Å². The summed E-state index contributed by atoms with van der Waals surface area (Å²) in [6.07, 6.45) is 2.79. The maximum absolute atomic E-state index is 2.42. The number of rotatable bonds is 6. The fourth-order valence-corrected chi connectivity index (χ4v) is 14.6. The van der Waals surface area contributed by atoms with Crippen molar-refractivity contribution in [1.82, 2.24) is 0 Å². The van der Waals surface area contributed by atoms with Crippen molar-refractivity contribution in [3.63, 3.8) is 0 Å². The monoisotopic (exact) mass is 312 g/mol. The summed E-state index contributed by atoms with van der Waals surface area (Å²) in [7, 11) is 0. The van der Waals surface area contributed by atoms with Crippen LogP contribution in [0.25, 0.3) is 0 Å². The predicted molar refractivity (Wildman–Crippen MR) is 72.5 cm³/mol. The van der Waals surface area contributed by atoms with Gasteiger partial charge < -0.3 is 0 Å². The first-order valence-corrected chi connectivity index (χ1v) is 13.8. The van der Waals surface area contributed by atoms with E-state index in [-0.39, 0.29) is 0 Å². The fraction of sp³-hybridized carbons (Fsp3) is 0.571. The molecule has 0 fully saturated rings. The van der Waals surface area contributed by atoms with E-state index in [0.717, 1.165) is 0 Å². The van der Waals surface area contributed by atoms with Crippen LogP contribution < -0.4 is 3.58 Å². The summed E-state index contributed by atoms with van der Waals surface area (Å²) in [5, 5.41) is 0. The molecule has 0 saturated heterocycles. The molecule has 84 valence electrons. The van der Waals surface area contributed by atoms with Gasteiger partial charge in [-0.3, -0.25) is 0 Å². The molecule has 0 unspecified atom stereocenters. The molecule has 0 amide bonds. The Morgan fingerprint density at radius 1 is 0.933 bits per heavy atom. The van der Waals surface area contributed by atoms with Gasteiger partial charge in [-0.1, -0.05) is 0 Å². The van der Waals surface area contributed by atoms with Gasteiger partial charge in [0.2, 0.25) is 0 Å². The molecule has 1 aromatic carbocycles. The zero-order chi connectivity index (χ0) is 11.1. The van der Waals surface area contributed by atoms with Crippen molar-refractivity contribution >= 4 is 22.0 Å². The molecular weight excluding hydrogens is 287 g/mol. The van der Waals surface area contributed by atoms with Crippen molar-refractivity contribution < 1.29 is 0 Å². The summed E-state index contributed by atoms with van der Waals surface area (Å²) >= 11 is -1.94. The molecule has 0 radical (unpaired) electrons. The molecule has 1 rings (SSSR count). The van der Waals surface area contributed by atoms with E-state index in [9.17, 15) is 0 Å². The minimum absolute atomic E-state index is 1.35. The molecule has 0 aromatic heterocycles. The Bertz CT molecular complexity index is 262. The van der Waals surface area contributed by atoms with E-state index in [1.807, 2.05) is 0 Å². The number of unbranched alkanes of at least 4 members (excludes halogenated alkanes) is 1. The second-order valence-corrected chi connectivity index (χ2v) is 18.9. The van der Waals surface area contributed by atoms with Crippen LogP contribution in [0.2, 0.25) is 13.3 Å². The van der Waals surface area contributed by atoms with Crippen LogP contribution in [0, 0.1) is 0 Å². The molecule has 0 atom stereocenters. The van der Waals surface area contributed by atoms with Gasteiger partial charge in [0.05, 0.1) is 0 Å². The Kier molecular flexibility index (Phi) is 5.73. The number of hydrogen-bond donors (Lipinski definition) is 0. The van der Waals surface area contributed by atoms with Crippen LogP contribution in [-0.4, -0.2) is 18.4 Å². The van der Waals surface area contributed by atoms with E-state index < -0.39 is 18.4 Å². The molecule has 0 aliphatic rings. The molecule has 0 N–H and O–H groups in total. The zero-order valence-electron chi connectivity index (χ0n) is 10.4. The van der Waals surface area contributed by atoms with E-state index in [1.54, 1.807) is 8.02 Å². The summed E-state index contributed by atoms with van der Waals surface area (Å²) < 4.78 is 6.22. The molecule has 0 bridgehead atoms. The molecule has 1 heteroatoms. The van der Waals surface area contributed by atoms with Gasteiger partial charge in [0, 0.05) is 0 Å². The van der Waals surface area contributed by atoms with E-state index in [1.165, 1.54) is 21.7 Å². The summed E-state index contributed by atoms with van der Waals surface area (Å²) in [5.74, 6) is 0. The summed E-state index contributed by atoms with van der Waals surface area (Å²) in [5.41, 5.74) is 0. The van der Waals surface area contributed by atoms with Crippen molar-refractivity contribution in [2.45, 2.75) is 46.9 Å². The molecule has 0 saturated carbocycles. The zero-order valence-corrected chi connectivity index (χ0v) is 13.3. The third-order valence-corrected chi connectivity index (χ3v) is 19.7. The molecule has 1 aromatic rings. The molecule has 0 nitrogen and oxygen atoms in total. The van der Waals surface area contributed by atoms with Crippen molar-refractivity contribution in [3.05, 3.63) is 30.3 Å². The third kappa shape index (κ3) is 3.24. The van der Waals surface area contributed by atoms with Crippen LogP contribution in [0.1, 0.15) is 33.6 Å². The van der Waals surface area contributed by atoms with Crippen LogP contribution in [0.15, 0.2) is 30.3 Å². The van der Waals surface area contributed by atoms with Crippen LogP contribution in [-0.2, 0) is 0 Å². The Balaban J connectivity index is 2.89. The van der Waals surface area contributed by atoms with E-state index in [4.69, 9.17) is 0 Å². The summed E-state index contributed by atoms with van der Waals surface area (Å²) in [6.45, 7) is 7.15. The van der Waals surface area contributed by atoms with E-state index in [2.05, 4.69) is 51.1 Å². The Morgan fingerprint density at radius 3 is 2.00 bits per heavy atom. The normalized spacial score (nSPS) is 11.7. The molecule has 0 aliphatic carbocycles. The molecule has 0 spiro atoms. The average molecular weight is 311 g/mol. The van der Waals surface area contributed by atoms with Crippen LogP contribution in [0.4, 0.5) is 0 Å². The van der Waals surface area contributed by atoms with Gasteiger partial charge in [0.15, 0.2) is 0 Å². The van der Waals surface area contributed by atoms with E-state index >= 15 is 0 Å². The quantitative estimate of drug-likeness (QED) is 0.691. The van der Waals surface area contributed by atoms with Crippen molar-refractivity contribution in [1.29, 1.82) is 0 Å². The van der Waals surface area contributed by atoms with Gasteiger partial charge in [0.1, 0.15) is 0 Å². The van der Waals surface area contributed by atoms with Crippen molar-refractivity contribution in [3.8, 4) is 0 Å². The second kappa shape index (κ2) is 6.57. The Hall–Kier alpha value is 0.0187. The average Bonchev–Trinajstić information content (AvgIpc) is 2.33. The Labute approximate surface area is 99.0 Å². The Morgan fingerprint density at radius 2 is 1.53 bits per heavy atom. The second-order valence-electron chi connectivity index (χ2n) is 4.46. The van der Waals surface area contributed by atoms with Gasteiger partial charge in [-0.05, 0) is 0 Å². The fourth-order valence-electron chi connectivity index (χ4n) is 2.46. The van der Waals surface area contributed by atoms with Gasteiger partial charge >= 0.3 is 99.2 Å².